The zero-order valence-corrected chi connectivity index (χ0v) is 10.9. The molecule has 0 aliphatic carbocycles. The number of hydrogen-bond acceptors (Lipinski definition) is 1. The Balaban J connectivity index is 2.49. The van der Waals surface area contributed by atoms with Crippen LogP contribution in [0.4, 0.5) is 0 Å². The number of nitrogens with zero attached hydrogens (tertiary/aromatic N) is 1. The highest BCUT2D eigenvalue weighted by Gasteiger charge is 2.57. The average molecular weight is 211 g/mol. The molecule has 2 rings (SSSR count). The lowest BCUT2D eigenvalue weighted by Crippen LogP contribution is -2.48. The van der Waals surface area contributed by atoms with E-state index in [9.17, 15) is 0 Å². The van der Waals surface area contributed by atoms with Gasteiger partial charge in [-0.3, -0.25) is 4.90 Å². The van der Waals surface area contributed by atoms with Crippen molar-refractivity contribution in [3.63, 3.8) is 0 Å². The van der Waals surface area contributed by atoms with Gasteiger partial charge in [0.15, 0.2) is 0 Å². The second-order valence-electron chi connectivity index (χ2n) is 6.55. The first kappa shape index (κ1) is 9.04. The Morgan fingerprint density at radius 3 is 2.73 bits per heavy atom. The van der Waals surface area contributed by atoms with E-state index < -0.39 is 6.37 Å². The molecule has 1 nitrogen and oxygen atoms in total. The summed E-state index contributed by atoms with van der Waals surface area (Å²) in [6.45, 7) is 13.0. The van der Waals surface area contributed by atoms with Crippen molar-refractivity contribution in [3.05, 3.63) is 0 Å². The highest BCUT2D eigenvalue weighted by atomic mass is 15.3. The number of rotatable bonds is 2. The molecule has 0 bridgehead atoms. The minimum Gasteiger partial charge on any atom is -0.297 e. The molecule has 0 N–H and O–H groups in total. The molecule has 2 aliphatic rings. The predicted octanol–water partition coefficient (Wildman–Crippen LogP) is 3.54. The van der Waals surface area contributed by atoms with E-state index in [-0.39, 0.29) is 16.9 Å². The van der Waals surface area contributed by atoms with Crippen molar-refractivity contribution >= 4 is 0 Å². The Kier molecular flexibility index (Phi) is 2.10. The van der Waals surface area contributed by atoms with Crippen LogP contribution in [0.1, 0.15) is 56.6 Å². The highest BCUT2D eigenvalue weighted by Crippen LogP contribution is 2.55. The summed E-state index contributed by atoms with van der Waals surface area (Å²) in [7, 11) is 0. The number of hydrogen-bond donors (Lipinski definition) is 0. The lowest BCUT2D eigenvalue weighted by Gasteiger charge is -2.44. The van der Waals surface area contributed by atoms with Gasteiger partial charge in [-0.15, -0.1) is 0 Å². The van der Waals surface area contributed by atoms with Gasteiger partial charge < -0.3 is 0 Å². The molecule has 2 heterocycles. The van der Waals surface area contributed by atoms with Crippen molar-refractivity contribution in [2.75, 3.05) is 13.1 Å². The molecule has 0 unspecified atom stereocenters. The fourth-order valence-corrected chi connectivity index (χ4v) is 3.66. The van der Waals surface area contributed by atoms with Crippen LogP contribution in [0.3, 0.4) is 0 Å². The van der Waals surface area contributed by atoms with Crippen LogP contribution in [0.2, 0.25) is 0 Å². The van der Waals surface area contributed by atoms with Crippen LogP contribution in [0.15, 0.2) is 0 Å². The van der Waals surface area contributed by atoms with Gasteiger partial charge in [0.1, 0.15) is 0 Å². The van der Waals surface area contributed by atoms with Crippen molar-refractivity contribution in [3.8, 4) is 0 Å². The molecule has 0 aromatic carbocycles. The lowest BCUT2D eigenvalue weighted by molar-refractivity contribution is 0.0697. The Morgan fingerprint density at radius 2 is 2.13 bits per heavy atom. The van der Waals surface area contributed by atoms with Crippen molar-refractivity contribution < 1.29 is 2.74 Å². The molecule has 0 radical (unpaired) electrons. The van der Waals surface area contributed by atoms with Crippen LogP contribution < -0.4 is 0 Å². The molecule has 0 saturated carbocycles. The Labute approximate surface area is 98.0 Å². The quantitative estimate of drug-likeness (QED) is 0.675. The molecule has 15 heavy (non-hydrogen) atoms. The molecule has 0 aromatic heterocycles. The molecule has 0 spiro atoms. The van der Waals surface area contributed by atoms with Gasteiger partial charge in [0, 0.05) is 14.8 Å². The Morgan fingerprint density at radius 1 is 1.47 bits per heavy atom. The summed E-state index contributed by atoms with van der Waals surface area (Å²) in [5.74, 6) is 0.705. The summed E-state index contributed by atoms with van der Waals surface area (Å²) >= 11 is 0. The fraction of sp³-hybridized carbons (Fsp3) is 1.00. The van der Waals surface area contributed by atoms with Gasteiger partial charge in [0.2, 0.25) is 0 Å². The summed E-state index contributed by atoms with van der Waals surface area (Å²) in [5.41, 5.74) is -0.154. The van der Waals surface area contributed by atoms with Gasteiger partial charge in [-0.25, -0.2) is 0 Å². The van der Waals surface area contributed by atoms with E-state index in [1.165, 1.54) is 0 Å². The van der Waals surface area contributed by atoms with Crippen molar-refractivity contribution in [2.45, 2.75) is 59.4 Å². The molecular formula is C14H27N. The SMILES string of the molecule is [2H]C([2H])(C(C)C)[C@]12C[C@H](C)CN1CCC2(C)C. The topological polar surface area (TPSA) is 3.24 Å². The summed E-state index contributed by atoms with van der Waals surface area (Å²) in [6.07, 6.45) is 1.05. The van der Waals surface area contributed by atoms with Gasteiger partial charge in [0.25, 0.3) is 0 Å². The van der Waals surface area contributed by atoms with Gasteiger partial charge >= 0.3 is 0 Å². The molecular weight excluding hydrogens is 182 g/mol. The normalized spacial score (nSPS) is 42.9. The highest BCUT2D eigenvalue weighted by molar-refractivity contribution is 5.11. The van der Waals surface area contributed by atoms with Gasteiger partial charge in [-0.2, -0.15) is 0 Å². The van der Waals surface area contributed by atoms with E-state index >= 15 is 0 Å². The zero-order valence-electron chi connectivity index (χ0n) is 12.9. The van der Waals surface area contributed by atoms with Crippen LogP contribution in [0.5, 0.6) is 0 Å². The van der Waals surface area contributed by atoms with Crippen LogP contribution in [0.25, 0.3) is 0 Å². The van der Waals surface area contributed by atoms with Crippen LogP contribution >= 0.6 is 0 Å². The summed E-state index contributed by atoms with van der Waals surface area (Å²) < 4.78 is 17.3. The monoisotopic (exact) mass is 211 g/mol. The maximum atomic E-state index is 8.67. The van der Waals surface area contributed by atoms with E-state index in [0.29, 0.717) is 5.92 Å². The van der Waals surface area contributed by atoms with E-state index in [2.05, 4.69) is 25.7 Å². The van der Waals surface area contributed by atoms with Gasteiger partial charge in [-0.05, 0) is 43.0 Å². The van der Waals surface area contributed by atoms with Crippen LogP contribution in [-0.2, 0) is 0 Å². The summed E-state index contributed by atoms with van der Waals surface area (Å²) in [5, 5.41) is 0. The Hall–Kier alpha value is -0.0400. The van der Waals surface area contributed by atoms with Gasteiger partial charge in [-0.1, -0.05) is 34.6 Å². The second-order valence-corrected chi connectivity index (χ2v) is 6.55. The maximum Gasteiger partial charge on any atom is 0.0288 e. The molecule has 88 valence electrons. The molecule has 2 atom stereocenters. The predicted molar refractivity (Wildman–Crippen MR) is 65.9 cm³/mol. The van der Waals surface area contributed by atoms with E-state index in [1.807, 2.05) is 13.8 Å². The molecule has 2 aliphatic heterocycles. The molecule has 0 amide bonds. The van der Waals surface area contributed by atoms with Crippen LogP contribution in [0, 0.1) is 17.3 Å². The molecule has 2 fully saturated rings. The van der Waals surface area contributed by atoms with Gasteiger partial charge in [0.05, 0.1) is 0 Å². The van der Waals surface area contributed by atoms with Crippen molar-refractivity contribution in [1.82, 2.24) is 4.90 Å². The largest absolute Gasteiger partial charge is 0.297 e. The third-order valence-corrected chi connectivity index (χ3v) is 4.37. The smallest absolute Gasteiger partial charge is 0.0288 e. The number of fused-ring (bicyclic) bond motifs is 1. The Bertz CT molecular complexity index is 311. The first-order valence-electron chi connectivity index (χ1n) is 7.40. The molecule has 0 aromatic rings. The minimum absolute atomic E-state index is 0.0766. The molecule has 2 saturated heterocycles. The fourth-order valence-electron chi connectivity index (χ4n) is 3.66. The molecule has 1 heteroatoms. The minimum atomic E-state index is -1.10. The summed E-state index contributed by atoms with van der Waals surface area (Å²) in [4.78, 5) is 2.46. The third kappa shape index (κ3) is 1.63. The third-order valence-electron chi connectivity index (χ3n) is 4.37. The maximum absolute atomic E-state index is 8.67. The summed E-state index contributed by atoms with van der Waals surface area (Å²) in [6, 6.07) is 0. The first-order chi connectivity index (χ1) is 7.65. The second kappa shape index (κ2) is 3.48. The van der Waals surface area contributed by atoms with Crippen LogP contribution in [-0.4, -0.2) is 23.5 Å². The average Bonchev–Trinajstić information content (AvgIpc) is 2.63. The standard InChI is InChI=1S/C14H27N/c1-11(2)8-14-9-12(3)10-15(14)7-6-13(14,4)5/h11-12H,6-10H2,1-5H3/t12-,14+/m0/s1/i8D2. The van der Waals surface area contributed by atoms with Crippen molar-refractivity contribution in [2.24, 2.45) is 17.3 Å². The zero-order chi connectivity index (χ0) is 13.1. The lowest BCUT2D eigenvalue weighted by atomic mass is 9.67. The van der Waals surface area contributed by atoms with E-state index in [1.54, 1.807) is 0 Å². The first-order valence-corrected chi connectivity index (χ1v) is 6.40. The van der Waals surface area contributed by atoms with E-state index in [4.69, 9.17) is 2.74 Å². The van der Waals surface area contributed by atoms with E-state index in [0.717, 1.165) is 25.9 Å². The van der Waals surface area contributed by atoms with Crippen molar-refractivity contribution in [1.29, 1.82) is 0 Å².